The molecule has 1 heterocycles. The smallest absolute Gasteiger partial charge is 0.251 e. The standard InChI is InChI=1S/C19H18N4O2/c1-20-19(25)15-6-5-7-16(11-15)22-18(24)10-14-12-21-23(13-14)17-8-3-2-4-9-17/h2-9,11-13H,10H2,1H3,(H,20,25)(H,22,24). The molecule has 2 amide bonds. The van der Waals surface area contributed by atoms with Crippen molar-refractivity contribution >= 4 is 17.5 Å². The average molecular weight is 334 g/mol. The van der Waals surface area contributed by atoms with E-state index in [0.717, 1.165) is 11.3 Å². The first kappa shape index (κ1) is 16.4. The summed E-state index contributed by atoms with van der Waals surface area (Å²) >= 11 is 0. The van der Waals surface area contributed by atoms with Crippen LogP contribution in [0.2, 0.25) is 0 Å². The Morgan fingerprint density at radius 1 is 1.08 bits per heavy atom. The number of hydrogen-bond acceptors (Lipinski definition) is 3. The van der Waals surface area contributed by atoms with Crippen molar-refractivity contribution in [1.82, 2.24) is 15.1 Å². The molecule has 0 fully saturated rings. The number of nitrogens with zero attached hydrogens (tertiary/aromatic N) is 2. The zero-order chi connectivity index (χ0) is 17.6. The minimum Gasteiger partial charge on any atom is -0.355 e. The predicted molar refractivity (Wildman–Crippen MR) is 95.7 cm³/mol. The molecule has 0 unspecified atom stereocenters. The second kappa shape index (κ2) is 7.44. The van der Waals surface area contributed by atoms with Gasteiger partial charge in [0.1, 0.15) is 0 Å². The van der Waals surface area contributed by atoms with E-state index < -0.39 is 0 Å². The highest BCUT2D eigenvalue weighted by atomic mass is 16.2. The monoisotopic (exact) mass is 334 g/mol. The molecular weight excluding hydrogens is 316 g/mol. The maximum atomic E-state index is 12.2. The van der Waals surface area contributed by atoms with Gasteiger partial charge in [-0.25, -0.2) is 4.68 Å². The highest BCUT2D eigenvalue weighted by Gasteiger charge is 2.09. The normalized spacial score (nSPS) is 10.3. The average Bonchev–Trinajstić information content (AvgIpc) is 3.10. The van der Waals surface area contributed by atoms with Gasteiger partial charge < -0.3 is 10.6 Å². The summed E-state index contributed by atoms with van der Waals surface area (Å²) in [5.74, 6) is -0.359. The lowest BCUT2D eigenvalue weighted by atomic mass is 10.2. The van der Waals surface area contributed by atoms with Gasteiger partial charge in [-0.05, 0) is 35.9 Å². The molecule has 2 aromatic carbocycles. The summed E-state index contributed by atoms with van der Waals surface area (Å²) in [6, 6.07) is 16.5. The highest BCUT2D eigenvalue weighted by molar-refractivity contribution is 5.97. The molecule has 0 aliphatic rings. The van der Waals surface area contributed by atoms with E-state index in [1.54, 1.807) is 42.2 Å². The lowest BCUT2D eigenvalue weighted by molar-refractivity contribution is -0.115. The van der Waals surface area contributed by atoms with Gasteiger partial charge in [-0.2, -0.15) is 5.10 Å². The third kappa shape index (κ3) is 4.11. The highest BCUT2D eigenvalue weighted by Crippen LogP contribution is 2.12. The van der Waals surface area contributed by atoms with Gasteiger partial charge in [0.25, 0.3) is 5.91 Å². The van der Waals surface area contributed by atoms with Crippen LogP contribution in [0, 0.1) is 0 Å². The fourth-order valence-corrected chi connectivity index (χ4v) is 2.45. The Labute approximate surface area is 145 Å². The van der Waals surface area contributed by atoms with Crippen molar-refractivity contribution in [2.75, 3.05) is 12.4 Å². The van der Waals surface area contributed by atoms with E-state index in [-0.39, 0.29) is 18.2 Å². The number of benzene rings is 2. The predicted octanol–water partition coefficient (Wildman–Crippen LogP) is 2.41. The van der Waals surface area contributed by atoms with E-state index in [1.165, 1.54) is 0 Å². The van der Waals surface area contributed by atoms with Gasteiger partial charge in [0.05, 0.1) is 18.3 Å². The molecule has 0 spiro atoms. The number of amides is 2. The first-order chi connectivity index (χ1) is 12.2. The Morgan fingerprint density at radius 3 is 2.64 bits per heavy atom. The zero-order valence-electron chi connectivity index (χ0n) is 13.8. The van der Waals surface area contributed by atoms with Crippen molar-refractivity contribution in [3.05, 3.63) is 78.1 Å². The van der Waals surface area contributed by atoms with Gasteiger partial charge in [0, 0.05) is 24.5 Å². The van der Waals surface area contributed by atoms with Crippen molar-refractivity contribution in [2.45, 2.75) is 6.42 Å². The van der Waals surface area contributed by atoms with Gasteiger partial charge in [-0.15, -0.1) is 0 Å². The molecule has 0 radical (unpaired) electrons. The first-order valence-corrected chi connectivity index (χ1v) is 7.86. The lowest BCUT2D eigenvalue weighted by Crippen LogP contribution is -2.18. The van der Waals surface area contributed by atoms with Gasteiger partial charge in [0.2, 0.25) is 5.91 Å². The summed E-state index contributed by atoms with van der Waals surface area (Å²) in [5.41, 5.74) is 2.83. The third-order valence-electron chi connectivity index (χ3n) is 3.66. The second-order valence-electron chi connectivity index (χ2n) is 5.51. The molecule has 0 saturated carbocycles. The number of rotatable bonds is 5. The molecule has 2 N–H and O–H groups in total. The molecular formula is C19H18N4O2. The van der Waals surface area contributed by atoms with Crippen LogP contribution in [0.25, 0.3) is 5.69 Å². The van der Waals surface area contributed by atoms with Crippen molar-refractivity contribution in [3.8, 4) is 5.69 Å². The Bertz CT molecular complexity index is 887. The number of aromatic nitrogens is 2. The van der Waals surface area contributed by atoms with Crippen LogP contribution in [0.4, 0.5) is 5.69 Å². The Kier molecular flexibility index (Phi) is 4.89. The molecule has 6 heteroatoms. The lowest BCUT2D eigenvalue weighted by Gasteiger charge is -2.06. The second-order valence-corrected chi connectivity index (χ2v) is 5.51. The van der Waals surface area contributed by atoms with Crippen LogP contribution in [0.3, 0.4) is 0 Å². The van der Waals surface area contributed by atoms with E-state index in [2.05, 4.69) is 15.7 Å². The third-order valence-corrected chi connectivity index (χ3v) is 3.66. The summed E-state index contributed by atoms with van der Waals surface area (Å²) < 4.78 is 1.73. The fraction of sp³-hybridized carbons (Fsp3) is 0.105. The van der Waals surface area contributed by atoms with E-state index >= 15 is 0 Å². The SMILES string of the molecule is CNC(=O)c1cccc(NC(=O)Cc2cnn(-c3ccccc3)c2)c1. The number of para-hydroxylation sites is 1. The topological polar surface area (TPSA) is 76.0 Å². The van der Waals surface area contributed by atoms with Crippen LogP contribution >= 0.6 is 0 Å². The minimum absolute atomic E-state index is 0.165. The number of carbonyl (C=O) groups excluding carboxylic acids is 2. The molecule has 1 aromatic heterocycles. The van der Waals surface area contributed by atoms with Gasteiger partial charge >= 0.3 is 0 Å². The van der Waals surface area contributed by atoms with Crippen molar-refractivity contribution in [2.24, 2.45) is 0 Å². The van der Waals surface area contributed by atoms with Gasteiger partial charge in [-0.1, -0.05) is 24.3 Å². The van der Waals surface area contributed by atoms with Crippen LogP contribution in [-0.4, -0.2) is 28.6 Å². The molecule has 3 aromatic rings. The maximum absolute atomic E-state index is 12.2. The van der Waals surface area contributed by atoms with Crippen LogP contribution in [-0.2, 0) is 11.2 Å². The largest absolute Gasteiger partial charge is 0.355 e. The van der Waals surface area contributed by atoms with E-state index in [4.69, 9.17) is 0 Å². The summed E-state index contributed by atoms with van der Waals surface area (Å²) in [6.07, 6.45) is 3.71. The summed E-state index contributed by atoms with van der Waals surface area (Å²) in [4.78, 5) is 23.9. The van der Waals surface area contributed by atoms with Crippen LogP contribution in [0.15, 0.2) is 67.0 Å². The molecule has 0 bridgehead atoms. The number of nitrogens with one attached hydrogen (secondary N) is 2. The van der Waals surface area contributed by atoms with Crippen molar-refractivity contribution in [1.29, 1.82) is 0 Å². The summed E-state index contributed by atoms with van der Waals surface area (Å²) in [7, 11) is 1.57. The molecule has 0 saturated heterocycles. The molecule has 25 heavy (non-hydrogen) atoms. The van der Waals surface area contributed by atoms with E-state index in [9.17, 15) is 9.59 Å². The van der Waals surface area contributed by atoms with Gasteiger partial charge in [-0.3, -0.25) is 9.59 Å². The van der Waals surface area contributed by atoms with Crippen LogP contribution in [0.5, 0.6) is 0 Å². The molecule has 3 rings (SSSR count). The maximum Gasteiger partial charge on any atom is 0.251 e. The van der Waals surface area contributed by atoms with Gasteiger partial charge in [0.15, 0.2) is 0 Å². The Balaban J connectivity index is 1.65. The Hall–Kier alpha value is -3.41. The van der Waals surface area contributed by atoms with E-state index in [0.29, 0.717) is 11.3 Å². The molecule has 6 nitrogen and oxygen atoms in total. The number of hydrogen-bond donors (Lipinski definition) is 2. The molecule has 0 aliphatic carbocycles. The van der Waals surface area contributed by atoms with Crippen molar-refractivity contribution < 1.29 is 9.59 Å². The first-order valence-electron chi connectivity index (χ1n) is 7.86. The minimum atomic E-state index is -0.194. The van der Waals surface area contributed by atoms with Crippen LogP contribution in [0.1, 0.15) is 15.9 Å². The number of carbonyl (C=O) groups is 2. The Morgan fingerprint density at radius 2 is 1.88 bits per heavy atom. The van der Waals surface area contributed by atoms with Crippen molar-refractivity contribution in [3.63, 3.8) is 0 Å². The zero-order valence-corrected chi connectivity index (χ0v) is 13.8. The molecule has 126 valence electrons. The summed E-state index contributed by atoms with van der Waals surface area (Å²) in [5, 5.41) is 9.64. The quantitative estimate of drug-likeness (QED) is 0.752. The number of anilines is 1. The van der Waals surface area contributed by atoms with E-state index in [1.807, 2.05) is 36.5 Å². The summed E-state index contributed by atoms with van der Waals surface area (Å²) in [6.45, 7) is 0. The van der Waals surface area contributed by atoms with Crippen LogP contribution < -0.4 is 10.6 Å². The molecule has 0 aliphatic heterocycles. The molecule has 0 atom stereocenters. The fourth-order valence-electron chi connectivity index (χ4n) is 2.45.